The first-order valence-corrected chi connectivity index (χ1v) is 9.70. The molecule has 0 aromatic carbocycles. The molecule has 1 N–H and O–H groups in total. The van der Waals surface area contributed by atoms with Crippen molar-refractivity contribution >= 4 is 5.91 Å². The van der Waals surface area contributed by atoms with E-state index in [0.29, 0.717) is 23.7 Å². The molecular formula is C20H27N3O. The topological polar surface area (TPSA) is 45.2 Å². The van der Waals surface area contributed by atoms with Crippen LogP contribution in [0.15, 0.2) is 24.5 Å². The predicted octanol–water partition coefficient (Wildman–Crippen LogP) is 2.63. The molecule has 0 spiro atoms. The monoisotopic (exact) mass is 325 g/mol. The Morgan fingerprint density at radius 2 is 1.88 bits per heavy atom. The minimum Gasteiger partial charge on any atom is -0.333 e. The highest BCUT2D eigenvalue weighted by atomic mass is 16.2. The lowest BCUT2D eigenvalue weighted by Gasteiger charge is -2.55. The average Bonchev–Trinajstić information content (AvgIpc) is 2.61. The second-order valence-corrected chi connectivity index (χ2v) is 8.49. The molecule has 4 aliphatic carbocycles. The fourth-order valence-electron chi connectivity index (χ4n) is 6.36. The van der Waals surface area contributed by atoms with Gasteiger partial charge in [0.15, 0.2) is 0 Å². The quantitative estimate of drug-likeness (QED) is 0.909. The summed E-state index contributed by atoms with van der Waals surface area (Å²) >= 11 is 0. The lowest BCUT2D eigenvalue weighted by atomic mass is 9.51. The predicted molar refractivity (Wildman–Crippen MR) is 92.1 cm³/mol. The highest BCUT2D eigenvalue weighted by molar-refractivity contribution is 5.80. The molecular weight excluding hydrogens is 298 g/mol. The standard InChI is InChI=1S/C20H27N3O/c24-20(19-16-7-13-6-14(9-16)10-17(19)8-13)23-5-4-22-12-18(23)15-2-1-3-21-11-15/h1-3,11,13-14,16-19,22H,4-10,12H2. The number of piperazine rings is 1. The third kappa shape index (κ3) is 2.38. The van der Waals surface area contributed by atoms with Gasteiger partial charge in [-0.2, -0.15) is 0 Å². The van der Waals surface area contributed by atoms with Crippen LogP contribution in [-0.4, -0.2) is 35.4 Å². The zero-order chi connectivity index (χ0) is 16.1. The molecule has 1 unspecified atom stereocenters. The Labute approximate surface area is 144 Å². The minimum absolute atomic E-state index is 0.150. The summed E-state index contributed by atoms with van der Waals surface area (Å²) in [6.45, 7) is 2.60. The van der Waals surface area contributed by atoms with Crippen LogP contribution in [-0.2, 0) is 4.79 Å². The number of amides is 1. The van der Waals surface area contributed by atoms with Crippen LogP contribution in [0.5, 0.6) is 0 Å². The summed E-state index contributed by atoms with van der Waals surface area (Å²) in [6, 6.07) is 4.24. The summed E-state index contributed by atoms with van der Waals surface area (Å²) in [5.74, 6) is 3.92. The second kappa shape index (κ2) is 5.83. The van der Waals surface area contributed by atoms with E-state index in [1.807, 2.05) is 18.5 Å². The Morgan fingerprint density at radius 3 is 2.54 bits per heavy atom. The molecule has 0 radical (unpaired) electrons. The number of nitrogens with one attached hydrogen (secondary N) is 1. The van der Waals surface area contributed by atoms with Gasteiger partial charge >= 0.3 is 0 Å². The van der Waals surface area contributed by atoms with Gasteiger partial charge in [-0.25, -0.2) is 0 Å². The first-order valence-electron chi connectivity index (χ1n) is 9.70. The SMILES string of the molecule is O=C(C1C2CC3CC(C2)CC1C3)N1CCNCC1c1cccnc1. The first-order chi connectivity index (χ1) is 11.8. The first kappa shape index (κ1) is 14.9. The molecule has 2 heterocycles. The van der Waals surface area contributed by atoms with E-state index >= 15 is 0 Å². The summed E-state index contributed by atoms with van der Waals surface area (Å²) in [4.78, 5) is 20.0. The molecule has 1 aromatic heterocycles. The number of carbonyl (C=O) groups excluding carboxylic acids is 1. The number of hydrogen-bond donors (Lipinski definition) is 1. The zero-order valence-electron chi connectivity index (χ0n) is 14.2. The van der Waals surface area contributed by atoms with E-state index < -0.39 is 0 Å². The maximum absolute atomic E-state index is 13.5. The van der Waals surface area contributed by atoms with Crippen molar-refractivity contribution in [2.24, 2.45) is 29.6 Å². The number of pyridine rings is 1. The smallest absolute Gasteiger partial charge is 0.226 e. The molecule has 24 heavy (non-hydrogen) atoms. The average molecular weight is 325 g/mol. The van der Waals surface area contributed by atoms with E-state index in [1.165, 1.54) is 37.7 Å². The van der Waals surface area contributed by atoms with Gasteiger partial charge in [0.25, 0.3) is 0 Å². The van der Waals surface area contributed by atoms with Crippen molar-refractivity contribution in [3.8, 4) is 0 Å². The Bertz CT molecular complexity index is 589. The summed E-state index contributed by atoms with van der Waals surface area (Å²) < 4.78 is 0. The van der Waals surface area contributed by atoms with Gasteiger partial charge in [0.05, 0.1) is 6.04 Å². The van der Waals surface area contributed by atoms with Crippen molar-refractivity contribution in [2.75, 3.05) is 19.6 Å². The maximum Gasteiger partial charge on any atom is 0.226 e. The van der Waals surface area contributed by atoms with Gasteiger partial charge in [0.1, 0.15) is 0 Å². The van der Waals surface area contributed by atoms with Crippen LogP contribution in [0.3, 0.4) is 0 Å². The number of carbonyl (C=O) groups is 1. The number of aromatic nitrogens is 1. The van der Waals surface area contributed by atoms with Crippen LogP contribution in [0.1, 0.15) is 43.7 Å². The Hall–Kier alpha value is -1.42. The Balaban J connectivity index is 1.41. The summed E-state index contributed by atoms with van der Waals surface area (Å²) in [6.07, 6.45) is 10.4. The van der Waals surface area contributed by atoms with Crippen LogP contribution < -0.4 is 5.32 Å². The lowest BCUT2D eigenvalue weighted by molar-refractivity contribution is -0.152. The normalized spacial score (nSPS) is 40.8. The molecule has 1 amide bonds. The lowest BCUT2D eigenvalue weighted by Crippen LogP contribution is -2.56. The molecule has 1 atom stereocenters. The van der Waals surface area contributed by atoms with Gasteiger partial charge in [-0.1, -0.05) is 6.07 Å². The summed E-state index contributed by atoms with van der Waals surface area (Å²) in [5.41, 5.74) is 1.17. The van der Waals surface area contributed by atoms with E-state index in [1.54, 1.807) is 0 Å². The van der Waals surface area contributed by atoms with Gasteiger partial charge in [-0.15, -0.1) is 0 Å². The molecule has 4 bridgehead atoms. The Morgan fingerprint density at radius 1 is 1.12 bits per heavy atom. The van der Waals surface area contributed by atoms with Crippen LogP contribution >= 0.6 is 0 Å². The van der Waals surface area contributed by atoms with Crippen LogP contribution in [0.4, 0.5) is 0 Å². The van der Waals surface area contributed by atoms with Gasteiger partial charge < -0.3 is 10.2 Å². The second-order valence-electron chi connectivity index (χ2n) is 8.49. The molecule has 5 aliphatic rings. The molecule has 128 valence electrons. The van der Waals surface area contributed by atoms with E-state index in [-0.39, 0.29) is 6.04 Å². The zero-order valence-corrected chi connectivity index (χ0v) is 14.2. The number of nitrogens with zero attached hydrogens (tertiary/aromatic N) is 2. The Kier molecular flexibility index (Phi) is 3.62. The number of rotatable bonds is 2. The van der Waals surface area contributed by atoms with Gasteiger partial charge in [0.2, 0.25) is 5.91 Å². The fourth-order valence-corrected chi connectivity index (χ4v) is 6.36. The summed E-state index contributed by atoms with van der Waals surface area (Å²) in [5, 5.41) is 3.46. The third-order valence-corrected chi connectivity index (χ3v) is 7.11. The van der Waals surface area contributed by atoms with Crippen molar-refractivity contribution < 1.29 is 4.79 Å². The highest BCUT2D eigenvalue weighted by Crippen LogP contribution is 2.57. The molecule has 1 saturated heterocycles. The van der Waals surface area contributed by atoms with Crippen molar-refractivity contribution in [3.05, 3.63) is 30.1 Å². The largest absolute Gasteiger partial charge is 0.333 e. The fraction of sp³-hybridized carbons (Fsp3) is 0.700. The third-order valence-electron chi connectivity index (χ3n) is 7.11. The van der Waals surface area contributed by atoms with Crippen molar-refractivity contribution in [3.63, 3.8) is 0 Å². The van der Waals surface area contributed by atoms with E-state index in [2.05, 4.69) is 21.3 Å². The molecule has 1 aliphatic heterocycles. The maximum atomic E-state index is 13.5. The van der Waals surface area contributed by atoms with Crippen LogP contribution in [0, 0.1) is 29.6 Å². The van der Waals surface area contributed by atoms with E-state index in [4.69, 9.17) is 0 Å². The van der Waals surface area contributed by atoms with Crippen molar-refractivity contribution in [1.29, 1.82) is 0 Å². The molecule has 6 rings (SSSR count). The molecule has 4 nitrogen and oxygen atoms in total. The molecule has 1 aromatic rings. The number of hydrogen-bond acceptors (Lipinski definition) is 3. The van der Waals surface area contributed by atoms with Crippen LogP contribution in [0.2, 0.25) is 0 Å². The molecule has 4 heteroatoms. The van der Waals surface area contributed by atoms with Gasteiger partial charge in [0, 0.05) is 37.9 Å². The molecule has 4 saturated carbocycles. The van der Waals surface area contributed by atoms with Gasteiger partial charge in [-0.3, -0.25) is 9.78 Å². The van der Waals surface area contributed by atoms with Gasteiger partial charge in [-0.05, 0) is 67.4 Å². The van der Waals surface area contributed by atoms with Crippen molar-refractivity contribution in [1.82, 2.24) is 15.2 Å². The summed E-state index contributed by atoms with van der Waals surface area (Å²) in [7, 11) is 0. The van der Waals surface area contributed by atoms with E-state index in [0.717, 1.165) is 31.5 Å². The van der Waals surface area contributed by atoms with Crippen LogP contribution in [0.25, 0.3) is 0 Å². The van der Waals surface area contributed by atoms with E-state index in [9.17, 15) is 4.79 Å². The van der Waals surface area contributed by atoms with Crippen molar-refractivity contribution in [2.45, 2.75) is 38.1 Å². The highest BCUT2D eigenvalue weighted by Gasteiger charge is 2.52. The molecule has 5 fully saturated rings. The minimum atomic E-state index is 0.150.